The van der Waals surface area contributed by atoms with Crippen LogP contribution in [0.25, 0.3) is 10.9 Å². The lowest BCUT2D eigenvalue weighted by molar-refractivity contribution is -0.159. The van der Waals surface area contributed by atoms with Crippen LogP contribution in [0.1, 0.15) is 26.2 Å². The first-order chi connectivity index (χ1) is 12.8. The molecule has 1 saturated carbocycles. The van der Waals surface area contributed by atoms with E-state index in [1.54, 1.807) is 7.11 Å². The van der Waals surface area contributed by atoms with Gasteiger partial charge in [0, 0.05) is 49.5 Å². The molecule has 142 valence electrons. The van der Waals surface area contributed by atoms with Gasteiger partial charge < -0.3 is 19.5 Å². The summed E-state index contributed by atoms with van der Waals surface area (Å²) in [6, 6.07) is 6.95. The van der Waals surface area contributed by atoms with E-state index < -0.39 is 0 Å². The Morgan fingerprint density at radius 3 is 2.96 bits per heavy atom. The highest BCUT2D eigenvalue weighted by molar-refractivity contribution is 5.82. The number of hydrogen-bond acceptors (Lipinski definition) is 5. The maximum absolute atomic E-state index is 6.04. The molecule has 0 bridgehead atoms. The summed E-state index contributed by atoms with van der Waals surface area (Å²) in [6.45, 7) is 5.97. The topological polar surface area (TPSA) is 57.5 Å². The second-order valence-corrected chi connectivity index (χ2v) is 7.36. The van der Waals surface area contributed by atoms with Crippen molar-refractivity contribution in [1.82, 2.24) is 9.78 Å². The van der Waals surface area contributed by atoms with Gasteiger partial charge in [-0.2, -0.15) is 5.10 Å². The van der Waals surface area contributed by atoms with E-state index in [1.165, 1.54) is 0 Å². The first kappa shape index (κ1) is 17.8. The van der Waals surface area contributed by atoms with E-state index in [1.807, 2.05) is 10.9 Å². The zero-order valence-corrected chi connectivity index (χ0v) is 15.7. The van der Waals surface area contributed by atoms with Crippen LogP contribution in [0.2, 0.25) is 0 Å². The fourth-order valence-electron chi connectivity index (χ4n) is 4.52. The zero-order valence-electron chi connectivity index (χ0n) is 15.7. The van der Waals surface area contributed by atoms with E-state index in [0.29, 0.717) is 18.8 Å². The molecule has 2 fully saturated rings. The van der Waals surface area contributed by atoms with Gasteiger partial charge in [0.1, 0.15) is 0 Å². The molecule has 2 aromatic rings. The zero-order chi connectivity index (χ0) is 18.0. The molecule has 2 heterocycles. The molecule has 1 saturated heterocycles. The predicted molar refractivity (Wildman–Crippen MR) is 102 cm³/mol. The minimum absolute atomic E-state index is 0.208. The maximum Gasteiger partial charge on any atom is 0.0703 e. The predicted octanol–water partition coefficient (Wildman–Crippen LogP) is 3.07. The van der Waals surface area contributed by atoms with Crippen LogP contribution in [0.15, 0.2) is 24.4 Å². The van der Waals surface area contributed by atoms with Crippen molar-refractivity contribution in [2.75, 3.05) is 38.9 Å². The second kappa shape index (κ2) is 7.55. The molecule has 1 aromatic heterocycles. The molecule has 2 aliphatic rings. The molecule has 1 aliphatic heterocycles. The smallest absolute Gasteiger partial charge is 0.0703 e. The van der Waals surface area contributed by atoms with Gasteiger partial charge in [-0.05, 0) is 44.4 Å². The van der Waals surface area contributed by atoms with Gasteiger partial charge in [-0.3, -0.25) is 4.68 Å². The highest BCUT2D eigenvalue weighted by atomic mass is 16.5. The molecule has 2 atom stereocenters. The standard InChI is InChI=1S/C20H29N3O3/c1-3-26-19-13-18(20(19)6-9-25-10-7-20)22-16-5-4-15-14-21-23(8-11-24-2)17(15)12-16/h4-5,12,14,18-19,22H,3,6-11,13H2,1-2H3. The average molecular weight is 359 g/mol. The van der Waals surface area contributed by atoms with Crippen molar-refractivity contribution in [3.63, 3.8) is 0 Å². The quantitative estimate of drug-likeness (QED) is 0.823. The van der Waals surface area contributed by atoms with E-state index in [0.717, 1.165) is 62.2 Å². The van der Waals surface area contributed by atoms with Crippen molar-refractivity contribution >= 4 is 16.6 Å². The Bertz CT molecular complexity index is 739. The highest BCUT2D eigenvalue weighted by Gasteiger charge is 2.56. The van der Waals surface area contributed by atoms with Crippen molar-refractivity contribution in [2.45, 2.75) is 44.9 Å². The second-order valence-electron chi connectivity index (χ2n) is 7.36. The van der Waals surface area contributed by atoms with Crippen molar-refractivity contribution in [1.29, 1.82) is 0 Å². The third-order valence-electron chi connectivity index (χ3n) is 6.07. The average Bonchev–Trinajstić information content (AvgIpc) is 3.08. The van der Waals surface area contributed by atoms with E-state index in [2.05, 4.69) is 35.5 Å². The van der Waals surface area contributed by atoms with E-state index in [-0.39, 0.29) is 5.41 Å². The number of nitrogens with zero attached hydrogens (tertiary/aromatic N) is 2. The molecule has 0 radical (unpaired) electrons. The number of benzene rings is 1. The number of methoxy groups -OCH3 is 1. The Hall–Kier alpha value is -1.63. The summed E-state index contributed by atoms with van der Waals surface area (Å²) >= 11 is 0. The highest BCUT2D eigenvalue weighted by Crippen LogP contribution is 2.51. The van der Waals surface area contributed by atoms with Crippen LogP contribution < -0.4 is 5.32 Å². The van der Waals surface area contributed by atoms with Gasteiger partial charge in [0.2, 0.25) is 0 Å². The Labute approximate surface area is 154 Å². The molecule has 6 nitrogen and oxygen atoms in total. The molecule has 2 unspecified atom stereocenters. The van der Waals surface area contributed by atoms with Crippen molar-refractivity contribution in [2.24, 2.45) is 5.41 Å². The largest absolute Gasteiger partial charge is 0.383 e. The first-order valence-corrected chi connectivity index (χ1v) is 9.67. The molecule has 26 heavy (non-hydrogen) atoms. The van der Waals surface area contributed by atoms with Crippen LogP contribution in [-0.2, 0) is 20.8 Å². The Balaban J connectivity index is 1.53. The summed E-state index contributed by atoms with van der Waals surface area (Å²) in [5.41, 5.74) is 2.51. The molecule has 6 heteroatoms. The third kappa shape index (κ3) is 3.10. The number of hydrogen-bond donors (Lipinski definition) is 1. The third-order valence-corrected chi connectivity index (χ3v) is 6.07. The number of nitrogens with one attached hydrogen (secondary N) is 1. The molecule has 1 aliphatic carbocycles. The molecular weight excluding hydrogens is 330 g/mol. The minimum Gasteiger partial charge on any atom is -0.383 e. The van der Waals surface area contributed by atoms with Gasteiger partial charge in [-0.25, -0.2) is 0 Å². The van der Waals surface area contributed by atoms with Crippen molar-refractivity contribution in [3.8, 4) is 0 Å². The van der Waals surface area contributed by atoms with E-state index in [9.17, 15) is 0 Å². The van der Waals surface area contributed by atoms with Gasteiger partial charge in [-0.15, -0.1) is 0 Å². The molecule has 1 aromatic carbocycles. The van der Waals surface area contributed by atoms with Crippen LogP contribution >= 0.6 is 0 Å². The van der Waals surface area contributed by atoms with Gasteiger partial charge in [-0.1, -0.05) is 0 Å². The van der Waals surface area contributed by atoms with Crippen molar-refractivity contribution < 1.29 is 14.2 Å². The van der Waals surface area contributed by atoms with Crippen LogP contribution in [0.5, 0.6) is 0 Å². The normalized spacial score (nSPS) is 24.7. The van der Waals surface area contributed by atoms with Crippen LogP contribution in [0.4, 0.5) is 5.69 Å². The SMILES string of the molecule is CCOC1CC(Nc2ccc3cnn(CCOC)c3c2)C12CCOCC2. The Morgan fingerprint density at radius 2 is 2.19 bits per heavy atom. The maximum atomic E-state index is 6.04. The molecule has 1 spiro atoms. The Morgan fingerprint density at radius 1 is 1.35 bits per heavy atom. The molecule has 4 rings (SSSR count). The van der Waals surface area contributed by atoms with E-state index in [4.69, 9.17) is 14.2 Å². The fraction of sp³-hybridized carbons (Fsp3) is 0.650. The number of aromatic nitrogens is 2. The van der Waals surface area contributed by atoms with Crippen molar-refractivity contribution in [3.05, 3.63) is 24.4 Å². The van der Waals surface area contributed by atoms with Crippen LogP contribution in [0, 0.1) is 5.41 Å². The number of fused-ring (bicyclic) bond motifs is 1. The summed E-state index contributed by atoms with van der Waals surface area (Å²) in [5, 5.41) is 9.42. The van der Waals surface area contributed by atoms with Crippen LogP contribution in [-0.4, -0.2) is 55.5 Å². The van der Waals surface area contributed by atoms with Gasteiger partial charge in [0.15, 0.2) is 0 Å². The van der Waals surface area contributed by atoms with Gasteiger partial charge >= 0.3 is 0 Å². The summed E-state index contributed by atoms with van der Waals surface area (Å²) in [6.07, 6.45) is 5.48. The van der Waals surface area contributed by atoms with Gasteiger partial charge in [0.25, 0.3) is 0 Å². The Kier molecular flexibility index (Phi) is 5.16. The molecule has 1 N–H and O–H groups in total. The summed E-state index contributed by atoms with van der Waals surface area (Å²) in [7, 11) is 1.72. The van der Waals surface area contributed by atoms with Gasteiger partial charge in [0.05, 0.1) is 31.0 Å². The molecule has 0 amide bonds. The first-order valence-electron chi connectivity index (χ1n) is 9.67. The monoisotopic (exact) mass is 359 g/mol. The number of ether oxygens (including phenoxy) is 3. The lowest BCUT2D eigenvalue weighted by atomic mass is 9.57. The van der Waals surface area contributed by atoms with E-state index >= 15 is 0 Å². The molecular formula is C20H29N3O3. The lowest BCUT2D eigenvalue weighted by Gasteiger charge is -2.57. The number of rotatable bonds is 7. The fourth-order valence-corrected chi connectivity index (χ4v) is 4.52. The summed E-state index contributed by atoms with van der Waals surface area (Å²) in [5.74, 6) is 0. The number of anilines is 1. The lowest BCUT2D eigenvalue weighted by Crippen LogP contribution is -2.63. The summed E-state index contributed by atoms with van der Waals surface area (Å²) in [4.78, 5) is 0. The van der Waals surface area contributed by atoms with Crippen LogP contribution in [0.3, 0.4) is 0 Å². The summed E-state index contributed by atoms with van der Waals surface area (Å²) < 4.78 is 18.9. The minimum atomic E-state index is 0.208.